The fraction of sp³-hybridized carbons (Fsp3) is 0.300. The lowest BCUT2D eigenvalue weighted by molar-refractivity contribution is -0.116. The van der Waals surface area contributed by atoms with Crippen LogP contribution in [0.15, 0.2) is 54.6 Å². The van der Waals surface area contributed by atoms with Gasteiger partial charge in [-0.3, -0.25) is 4.79 Å². The van der Waals surface area contributed by atoms with E-state index in [0.29, 0.717) is 37.3 Å². The molecule has 0 aliphatic carbocycles. The van der Waals surface area contributed by atoms with Gasteiger partial charge in [-0.25, -0.2) is 4.79 Å². The zero-order valence-electron chi connectivity index (χ0n) is 14.4. The lowest BCUT2D eigenvalue weighted by Gasteiger charge is -2.08. The highest BCUT2D eigenvalue weighted by Gasteiger charge is 2.09. The molecule has 0 heterocycles. The maximum absolute atomic E-state index is 12.1. The third kappa shape index (κ3) is 6.77. The summed E-state index contributed by atoms with van der Waals surface area (Å²) >= 11 is 0. The van der Waals surface area contributed by atoms with Crippen LogP contribution >= 0.6 is 0 Å². The van der Waals surface area contributed by atoms with Crippen LogP contribution in [0.25, 0.3) is 0 Å². The van der Waals surface area contributed by atoms with Crippen LogP contribution in [0.2, 0.25) is 0 Å². The number of anilines is 1. The Kier molecular flexibility index (Phi) is 7.66. The van der Waals surface area contributed by atoms with E-state index in [0.717, 1.165) is 5.56 Å². The zero-order valence-corrected chi connectivity index (χ0v) is 14.4. The van der Waals surface area contributed by atoms with E-state index >= 15 is 0 Å². The van der Waals surface area contributed by atoms with Crippen molar-refractivity contribution in [2.45, 2.75) is 19.8 Å². The van der Waals surface area contributed by atoms with Crippen LogP contribution in [0.4, 0.5) is 5.69 Å². The third-order valence-corrected chi connectivity index (χ3v) is 3.53. The molecule has 2 aromatic carbocycles. The molecule has 132 valence electrons. The number of rotatable bonds is 9. The summed E-state index contributed by atoms with van der Waals surface area (Å²) in [4.78, 5) is 24.0. The molecule has 0 bridgehead atoms. The number of ether oxygens (including phenoxy) is 2. The van der Waals surface area contributed by atoms with Crippen molar-refractivity contribution in [3.63, 3.8) is 0 Å². The van der Waals surface area contributed by atoms with Gasteiger partial charge < -0.3 is 14.8 Å². The highest BCUT2D eigenvalue weighted by molar-refractivity contribution is 5.94. The fourth-order valence-corrected chi connectivity index (χ4v) is 2.27. The molecule has 0 spiro atoms. The van der Waals surface area contributed by atoms with E-state index in [1.54, 1.807) is 24.3 Å². The molecule has 2 rings (SSSR count). The molecule has 0 atom stereocenters. The van der Waals surface area contributed by atoms with Gasteiger partial charge in [-0.1, -0.05) is 36.4 Å². The minimum atomic E-state index is -0.430. The Morgan fingerprint density at radius 3 is 2.56 bits per heavy atom. The lowest BCUT2D eigenvalue weighted by Crippen LogP contribution is -2.14. The topological polar surface area (TPSA) is 64.6 Å². The van der Waals surface area contributed by atoms with Gasteiger partial charge in [-0.15, -0.1) is 0 Å². The first kappa shape index (κ1) is 18.7. The first-order valence-corrected chi connectivity index (χ1v) is 8.37. The standard InChI is InChI=1S/C20H23NO4/c1-2-24-13-14-25-20(23)17-9-6-10-18(15-17)21-19(22)12-11-16-7-4-3-5-8-16/h3-10,15H,2,11-14H2,1H3,(H,21,22). The van der Waals surface area contributed by atoms with Crippen LogP contribution in [0.3, 0.4) is 0 Å². The van der Waals surface area contributed by atoms with E-state index in [1.807, 2.05) is 37.3 Å². The van der Waals surface area contributed by atoms with Crippen LogP contribution in [-0.4, -0.2) is 31.7 Å². The van der Waals surface area contributed by atoms with Gasteiger partial charge in [0.05, 0.1) is 12.2 Å². The van der Waals surface area contributed by atoms with Crippen molar-refractivity contribution < 1.29 is 19.1 Å². The van der Waals surface area contributed by atoms with Crippen LogP contribution in [0.5, 0.6) is 0 Å². The van der Waals surface area contributed by atoms with Crippen molar-refractivity contribution in [3.8, 4) is 0 Å². The predicted molar refractivity (Wildman–Crippen MR) is 96.6 cm³/mol. The summed E-state index contributed by atoms with van der Waals surface area (Å²) in [7, 11) is 0. The summed E-state index contributed by atoms with van der Waals surface area (Å²) in [6, 6.07) is 16.6. The summed E-state index contributed by atoms with van der Waals surface area (Å²) in [6.07, 6.45) is 1.05. The number of carbonyl (C=O) groups excluding carboxylic acids is 2. The van der Waals surface area contributed by atoms with Gasteiger partial charge >= 0.3 is 5.97 Å². The molecule has 0 saturated heterocycles. The summed E-state index contributed by atoms with van der Waals surface area (Å²) in [6.45, 7) is 3.05. The monoisotopic (exact) mass is 341 g/mol. The molecular formula is C20H23NO4. The first-order valence-electron chi connectivity index (χ1n) is 8.37. The van der Waals surface area contributed by atoms with Crippen LogP contribution in [-0.2, 0) is 20.7 Å². The fourth-order valence-electron chi connectivity index (χ4n) is 2.27. The van der Waals surface area contributed by atoms with Gasteiger partial charge in [-0.05, 0) is 37.1 Å². The molecule has 0 unspecified atom stereocenters. The van der Waals surface area contributed by atoms with E-state index < -0.39 is 5.97 Å². The van der Waals surface area contributed by atoms with Crippen molar-refractivity contribution >= 4 is 17.6 Å². The Morgan fingerprint density at radius 1 is 1.00 bits per heavy atom. The average Bonchev–Trinajstić information content (AvgIpc) is 2.64. The minimum absolute atomic E-state index is 0.0919. The number of hydrogen-bond acceptors (Lipinski definition) is 4. The maximum Gasteiger partial charge on any atom is 0.338 e. The van der Waals surface area contributed by atoms with E-state index in [-0.39, 0.29) is 12.5 Å². The smallest absolute Gasteiger partial charge is 0.338 e. The molecule has 2 aromatic rings. The molecule has 0 radical (unpaired) electrons. The van der Waals surface area contributed by atoms with Gasteiger partial charge in [0.2, 0.25) is 5.91 Å². The quantitative estimate of drug-likeness (QED) is 0.560. The van der Waals surface area contributed by atoms with Crippen LogP contribution in [0.1, 0.15) is 29.3 Å². The molecule has 25 heavy (non-hydrogen) atoms. The van der Waals surface area contributed by atoms with Crippen molar-refractivity contribution in [2.24, 2.45) is 0 Å². The number of aryl methyl sites for hydroxylation is 1. The number of carbonyl (C=O) groups is 2. The minimum Gasteiger partial charge on any atom is -0.460 e. The average molecular weight is 341 g/mol. The second kappa shape index (κ2) is 10.3. The molecule has 0 aromatic heterocycles. The SMILES string of the molecule is CCOCCOC(=O)c1cccc(NC(=O)CCc2ccccc2)c1. The molecule has 1 amide bonds. The van der Waals surface area contributed by atoms with Gasteiger partial charge in [0.25, 0.3) is 0 Å². The third-order valence-electron chi connectivity index (χ3n) is 3.53. The Hall–Kier alpha value is -2.66. The molecule has 0 aliphatic heterocycles. The number of nitrogens with one attached hydrogen (secondary N) is 1. The molecule has 0 saturated carbocycles. The van der Waals surface area contributed by atoms with Crippen molar-refractivity contribution in [2.75, 3.05) is 25.1 Å². The number of hydrogen-bond donors (Lipinski definition) is 1. The lowest BCUT2D eigenvalue weighted by atomic mass is 10.1. The molecule has 5 heteroatoms. The number of esters is 1. The summed E-state index contributed by atoms with van der Waals surface area (Å²) in [5.41, 5.74) is 2.10. The maximum atomic E-state index is 12.1. The van der Waals surface area contributed by atoms with Crippen molar-refractivity contribution in [1.82, 2.24) is 0 Å². The molecule has 5 nitrogen and oxygen atoms in total. The largest absolute Gasteiger partial charge is 0.460 e. The van der Waals surface area contributed by atoms with Gasteiger partial charge in [0, 0.05) is 18.7 Å². The number of amides is 1. The van der Waals surface area contributed by atoms with Crippen molar-refractivity contribution in [3.05, 3.63) is 65.7 Å². The Labute approximate surface area is 148 Å². The molecular weight excluding hydrogens is 318 g/mol. The van der Waals surface area contributed by atoms with Gasteiger partial charge in [0.15, 0.2) is 0 Å². The summed E-state index contributed by atoms with van der Waals surface area (Å²) in [5, 5.41) is 2.81. The number of benzene rings is 2. The second-order valence-electron chi connectivity index (χ2n) is 5.45. The van der Waals surface area contributed by atoms with Gasteiger partial charge in [-0.2, -0.15) is 0 Å². The van der Waals surface area contributed by atoms with Crippen LogP contribution < -0.4 is 5.32 Å². The molecule has 1 N–H and O–H groups in total. The first-order chi connectivity index (χ1) is 12.2. The highest BCUT2D eigenvalue weighted by atomic mass is 16.6. The summed E-state index contributed by atoms with van der Waals surface area (Å²) in [5.74, 6) is -0.522. The predicted octanol–water partition coefficient (Wildman–Crippen LogP) is 3.45. The van der Waals surface area contributed by atoms with E-state index in [9.17, 15) is 9.59 Å². The molecule has 0 fully saturated rings. The zero-order chi connectivity index (χ0) is 17.9. The second-order valence-corrected chi connectivity index (χ2v) is 5.45. The molecule has 0 aliphatic rings. The van der Waals surface area contributed by atoms with Crippen molar-refractivity contribution in [1.29, 1.82) is 0 Å². The van der Waals surface area contributed by atoms with Crippen LogP contribution in [0, 0.1) is 0 Å². The summed E-state index contributed by atoms with van der Waals surface area (Å²) < 4.78 is 10.2. The van der Waals surface area contributed by atoms with E-state index in [1.165, 1.54) is 0 Å². The van der Waals surface area contributed by atoms with E-state index in [4.69, 9.17) is 9.47 Å². The van der Waals surface area contributed by atoms with E-state index in [2.05, 4.69) is 5.32 Å². The highest BCUT2D eigenvalue weighted by Crippen LogP contribution is 2.13. The Morgan fingerprint density at radius 2 is 1.80 bits per heavy atom. The Bertz CT molecular complexity index is 685. The Balaban J connectivity index is 1.83. The van der Waals surface area contributed by atoms with Gasteiger partial charge in [0.1, 0.15) is 6.61 Å². The normalized spacial score (nSPS) is 10.3.